The Hall–Kier alpha value is -1.10. The van der Waals surface area contributed by atoms with Gasteiger partial charge in [-0.25, -0.2) is 0 Å². The van der Waals surface area contributed by atoms with Crippen molar-refractivity contribution in [2.75, 3.05) is 19.8 Å². The number of hydrogen-bond donors (Lipinski definition) is 0. The molecule has 1 rings (SSSR count). The van der Waals surface area contributed by atoms with Gasteiger partial charge in [-0.1, -0.05) is 13.8 Å². The van der Waals surface area contributed by atoms with E-state index in [1.165, 1.54) is 0 Å². The van der Waals surface area contributed by atoms with Gasteiger partial charge in [-0.05, 0) is 25.2 Å². The van der Waals surface area contributed by atoms with Gasteiger partial charge in [-0.3, -0.25) is 9.59 Å². The maximum atomic E-state index is 11.4. The molecule has 1 aliphatic rings. The van der Waals surface area contributed by atoms with Crippen molar-refractivity contribution in [3.05, 3.63) is 0 Å². The van der Waals surface area contributed by atoms with Crippen molar-refractivity contribution in [2.24, 2.45) is 5.92 Å². The van der Waals surface area contributed by atoms with Crippen molar-refractivity contribution >= 4 is 11.9 Å². The number of rotatable bonds is 8. The Morgan fingerprint density at radius 3 is 2.47 bits per heavy atom. The number of esters is 2. The zero-order valence-electron chi connectivity index (χ0n) is 11.9. The van der Waals surface area contributed by atoms with Gasteiger partial charge in [0.1, 0.15) is 6.61 Å². The monoisotopic (exact) mass is 272 g/mol. The molecule has 0 bridgehead atoms. The summed E-state index contributed by atoms with van der Waals surface area (Å²) in [4.78, 5) is 22.7. The minimum absolute atomic E-state index is 0.0555. The Morgan fingerprint density at radius 2 is 1.89 bits per heavy atom. The van der Waals surface area contributed by atoms with E-state index in [1.807, 2.05) is 13.8 Å². The fraction of sp³-hybridized carbons (Fsp3) is 0.857. The maximum Gasteiger partial charge on any atom is 0.305 e. The van der Waals surface area contributed by atoms with Crippen LogP contribution in [-0.4, -0.2) is 37.9 Å². The van der Waals surface area contributed by atoms with Gasteiger partial charge in [0.05, 0.1) is 12.7 Å². The summed E-state index contributed by atoms with van der Waals surface area (Å²) in [5, 5.41) is 0. The van der Waals surface area contributed by atoms with Gasteiger partial charge in [0, 0.05) is 19.4 Å². The van der Waals surface area contributed by atoms with Gasteiger partial charge in [0.25, 0.3) is 0 Å². The normalized spacial score (nSPS) is 18.6. The van der Waals surface area contributed by atoms with Crippen LogP contribution in [0, 0.1) is 5.92 Å². The fourth-order valence-electron chi connectivity index (χ4n) is 1.74. The average molecular weight is 272 g/mol. The van der Waals surface area contributed by atoms with E-state index in [1.54, 1.807) is 0 Å². The molecule has 0 N–H and O–H groups in total. The molecule has 0 radical (unpaired) electrons. The molecule has 1 heterocycles. The molecule has 19 heavy (non-hydrogen) atoms. The molecule has 0 spiro atoms. The molecule has 1 fully saturated rings. The van der Waals surface area contributed by atoms with Crippen LogP contribution in [0.2, 0.25) is 0 Å². The smallest absolute Gasteiger partial charge is 0.305 e. The van der Waals surface area contributed by atoms with E-state index in [0.717, 1.165) is 19.4 Å². The Kier molecular flexibility index (Phi) is 7.48. The molecule has 5 nitrogen and oxygen atoms in total. The molecule has 0 aromatic heterocycles. The topological polar surface area (TPSA) is 61.8 Å². The largest absolute Gasteiger partial charge is 0.465 e. The molecule has 0 aromatic rings. The lowest BCUT2D eigenvalue weighted by atomic mass is 10.2. The second kappa shape index (κ2) is 8.91. The van der Waals surface area contributed by atoms with Crippen LogP contribution in [0.25, 0.3) is 0 Å². The van der Waals surface area contributed by atoms with Crippen molar-refractivity contribution in [1.29, 1.82) is 0 Å². The molecule has 0 aromatic carbocycles. The van der Waals surface area contributed by atoms with Crippen molar-refractivity contribution < 1.29 is 23.8 Å². The lowest BCUT2D eigenvalue weighted by molar-refractivity contribution is -0.148. The molecule has 110 valence electrons. The highest BCUT2D eigenvalue weighted by Gasteiger charge is 2.17. The van der Waals surface area contributed by atoms with Gasteiger partial charge in [0.2, 0.25) is 0 Å². The van der Waals surface area contributed by atoms with Crippen molar-refractivity contribution in [3.8, 4) is 0 Å². The summed E-state index contributed by atoms with van der Waals surface area (Å²) in [5.74, 6) is -0.187. The zero-order chi connectivity index (χ0) is 14.1. The van der Waals surface area contributed by atoms with Crippen LogP contribution in [-0.2, 0) is 23.8 Å². The summed E-state index contributed by atoms with van der Waals surface area (Å²) in [5.41, 5.74) is 0. The summed E-state index contributed by atoms with van der Waals surface area (Å²) in [6.45, 7) is 5.48. The van der Waals surface area contributed by atoms with E-state index in [4.69, 9.17) is 14.2 Å². The first-order chi connectivity index (χ1) is 9.08. The molecular formula is C14H24O5. The average Bonchev–Trinajstić information content (AvgIpc) is 2.87. The first-order valence-corrected chi connectivity index (χ1v) is 7.00. The quantitative estimate of drug-likeness (QED) is 0.633. The SMILES string of the molecule is CC(C)COC(=O)CCCC(=O)OCC1CCCO1. The Labute approximate surface area is 114 Å². The van der Waals surface area contributed by atoms with E-state index in [-0.39, 0.29) is 30.9 Å². The molecule has 0 amide bonds. The number of carbonyl (C=O) groups excluding carboxylic acids is 2. The van der Waals surface area contributed by atoms with Crippen molar-refractivity contribution in [1.82, 2.24) is 0 Å². The molecule has 0 aliphatic carbocycles. The van der Waals surface area contributed by atoms with Crippen molar-refractivity contribution in [3.63, 3.8) is 0 Å². The third-order valence-electron chi connectivity index (χ3n) is 2.79. The molecular weight excluding hydrogens is 248 g/mol. The van der Waals surface area contributed by atoms with Crippen LogP contribution in [0.5, 0.6) is 0 Å². The summed E-state index contributed by atoms with van der Waals surface area (Å²) in [6, 6.07) is 0. The first kappa shape index (κ1) is 16.0. The molecule has 0 saturated carbocycles. The third-order valence-corrected chi connectivity index (χ3v) is 2.79. The second-order valence-electron chi connectivity index (χ2n) is 5.25. The van der Waals surface area contributed by atoms with E-state index in [2.05, 4.69) is 0 Å². The maximum absolute atomic E-state index is 11.4. The van der Waals surface area contributed by atoms with Gasteiger partial charge < -0.3 is 14.2 Å². The summed E-state index contributed by atoms with van der Waals surface area (Å²) >= 11 is 0. The van der Waals surface area contributed by atoms with Crippen LogP contribution in [0.1, 0.15) is 46.0 Å². The van der Waals surface area contributed by atoms with Crippen LogP contribution in [0.4, 0.5) is 0 Å². The predicted molar refractivity (Wildman–Crippen MR) is 69.6 cm³/mol. The van der Waals surface area contributed by atoms with Crippen LogP contribution < -0.4 is 0 Å². The second-order valence-corrected chi connectivity index (χ2v) is 5.25. The molecule has 5 heteroatoms. The summed E-state index contributed by atoms with van der Waals surface area (Å²) < 4.78 is 15.5. The van der Waals surface area contributed by atoms with Crippen LogP contribution in [0.15, 0.2) is 0 Å². The predicted octanol–water partition coefficient (Wildman–Crippen LogP) is 2.08. The minimum atomic E-state index is -0.271. The highest BCUT2D eigenvalue weighted by Crippen LogP contribution is 2.12. The van der Waals surface area contributed by atoms with Gasteiger partial charge in [0.15, 0.2) is 0 Å². The number of ether oxygens (including phenoxy) is 3. The minimum Gasteiger partial charge on any atom is -0.465 e. The Morgan fingerprint density at radius 1 is 1.21 bits per heavy atom. The number of carbonyl (C=O) groups is 2. The van der Waals surface area contributed by atoms with Gasteiger partial charge in [-0.2, -0.15) is 0 Å². The van der Waals surface area contributed by atoms with Crippen LogP contribution >= 0.6 is 0 Å². The summed E-state index contributed by atoms with van der Waals surface area (Å²) in [6.07, 6.45) is 3.03. The van der Waals surface area contributed by atoms with Crippen molar-refractivity contribution in [2.45, 2.75) is 52.1 Å². The molecule has 1 unspecified atom stereocenters. The fourth-order valence-corrected chi connectivity index (χ4v) is 1.74. The highest BCUT2D eigenvalue weighted by atomic mass is 16.6. The standard InChI is InChI=1S/C14H24O5/c1-11(2)9-18-13(15)6-3-7-14(16)19-10-12-5-4-8-17-12/h11-12H,3-10H2,1-2H3. The number of hydrogen-bond acceptors (Lipinski definition) is 5. The van der Waals surface area contributed by atoms with E-state index in [0.29, 0.717) is 25.6 Å². The van der Waals surface area contributed by atoms with E-state index in [9.17, 15) is 9.59 Å². The van der Waals surface area contributed by atoms with E-state index >= 15 is 0 Å². The lowest BCUT2D eigenvalue weighted by Crippen LogP contribution is -2.18. The first-order valence-electron chi connectivity index (χ1n) is 7.00. The van der Waals surface area contributed by atoms with Gasteiger partial charge in [-0.15, -0.1) is 0 Å². The van der Waals surface area contributed by atoms with Crippen LogP contribution in [0.3, 0.4) is 0 Å². The van der Waals surface area contributed by atoms with E-state index < -0.39 is 0 Å². The highest BCUT2D eigenvalue weighted by molar-refractivity contribution is 5.72. The molecule has 1 aliphatic heterocycles. The summed E-state index contributed by atoms with van der Waals surface area (Å²) in [7, 11) is 0. The molecule has 1 atom stereocenters. The lowest BCUT2D eigenvalue weighted by Gasteiger charge is -2.10. The zero-order valence-corrected chi connectivity index (χ0v) is 11.9. The molecule has 1 saturated heterocycles. The third kappa shape index (κ3) is 7.82. The van der Waals surface area contributed by atoms with Gasteiger partial charge >= 0.3 is 11.9 Å². The Balaban J connectivity index is 1.98. The Bertz CT molecular complexity index is 282.